The molecule has 0 bridgehead atoms. The molecule has 0 radical (unpaired) electrons. The van der Waals surface area contributed by atoms with Crippen LogP contribution >= 0.6 is 0 Å². The molecule has 1 fully saturated rings. The summed E-state index contributed by atoms with van der Waals surface area (Å²) in [6.45, 7) is 5.17. The molecule has 7 heteroatoms. The maximum Gasteiger partial charge on any atom is 0.222 e. The zero-order chi connectivity index (χ0) is 22.7. The van der Waals surface area contributed by atoms with Crippen LogP contribution in [-0.4, -0.2) is 59.4 Å². The van der Waals surface area contributed by atoms with Crippen LogP contribution in [-0.2, 0) is 24.2 Å². The molecule has 1 aromatic heterocycles. The number of nitrogens with zero attached hydrogens (tertiary/aromatic N) is 4. The third-order valence-corrected chi connectivity index (χ3v) is 6.83. The molecule has 2 aliphatic heterocycles. The Labute approximate surface area is 190 Å². The molecule has 172 valence electrons. The van der Waals surface area contributed by atoms with Crippen molar-refractivity contribution in [2.24, 2.45) is 0 Å². The molecule has 2 aliphatic rings. The molecule has 1 aromatic carbocycles. The topological polar surface area (TPSA) is 61.4 Å². The van der Waals surface area contributed by atoms with Gasteiger partial charge in [0.1, 0.15) is 17.5 Å². The zero-order valence-electron chi connectivity index (χ0n) is 19.5. The number of fused-ring (bicyclic) bond motifs is 1. The van der Waals surface area contributed by atoms with Gasteiger partial charge in [-0.3, -0.25) is 4.79 Å². The van der Waals surface area contributed by atoms with Crippen LogP contribution in [0.25, 0.3) is 0 Å². The summed E-state index contributed by atoms with van der Waals surface area (Å²) in [5, 5.41) is 3.26. The van der Waals surface area contributed by atoms with Crippen LogP contribution in [0.5, 0.6) is 0 Å². The Morgan fingerprint density at radius 2 is 2.00 bits per heavy atom. The van der Waals surface area contributed by atoms with Gasteiger partial charge in [-0.05, 0) is 76.4 Å². The van der Waals surface area contributed by atoms with Crippen molar-refractivity contribution >= 4 is 11.7 Å². The molecule has 1 amide bonds. The summed E-state index contributed by atoms with van der Waals surface area (Å²) in [6.07, 6.45) is 4.97. The average Bonchev–Trinajstić information content (AvgIpc) is 2.80. The minimum Gasteiger partial charge on any atom is -0.373 e. The minimum atomic E-state index is -0.181. The minimum absolute atomic E-state index is 0.167. The molecular weight excluding hydrogens is 405 g/mol. The Kier molecular flexibility index (Phi) is 7.04. The molecule has 1 saturated heterocycles. The van der Waals surface area contributed by atoms with Gasteiger partial charge in [0.2, 0.25) is 5.91 Å². The lowest BCUT2D eigenvalue weighted by Gasteiger charge is -2.32. The van der Waals surface area contributed by atoms with Crippen molar-refractivity contribution in [1.29, 1.82) is 0 Å². The molecule has 4 rings (SSSR count). The molecule has 0 unspecified atom stereocenters. The standard InChI is InChI=1S/C25H34FN5O/c1-17-15-18(7-8-21(17)26)5-4-6-23(32)31-14-11-20-22(16-31)28-24(29-25(20)27-2)19-9-12-30(3)13-10-19/h7-8,15,19H,4-6,9-14,16H2,1-3H3,(H,27,28,29). The van der Waals surface area contributed by atoms with E-state index in [4.69, 9.17) is 9.97 Å². The van der Waals surface area contributed by atoms with Crippen molar-refractivity contribution in [3.05, 3.63) is 52.2 Å². The number of hydrogen-bond acceptors (Lipinski definition) is 5. The number of likely N-dealkylation sites (tertiary alicyclic amines) is 1. The quantitative estimate of drug-likeness (QED) is 0.744. The fourth-order valence-corrected chi connectivity index (χ4v) is 4.78. The number of carbonyl (C=O) groups excluding carboxylic acids is 1. The molecule has 0 atom stereocenters. The Balaban J connectivity index is 1.39. The summed E-state index contributed by atoms with van der Waals surface area (Å²) < 4.78 is 13.5. The van der Waals surface area contributed by atoms with E-state index in [0.29, 0.717) is 31.0 Å². The lowest BCUT2D eigenvalue weighted by atomic mass is 9.95. The number of halogens is 1. The van der Waals surface area contributed by atoms with E-state index >= 15 is 0 Å². The van der Waals surface area contributed by atoms with Gasteiger partial charge < -0.3 is 15.1 Å². The van der Waals surface area contributed by atoms with Gasteiger partial charge in [-0.15, -0.1) is 0 Å². The number of nitrogens with one attached hydrogen (secondary N) is 1. The number of aryl methyl sites for hydroxylation is 2. The zero-order valence-corrected chi connectivity index (χ0v) is 19.5. The number of rotatable bonds is 6. The fraction of sp³-hybridized carbons (Fsp3) is 0.560. The van der Waals surface area contributed by atoms with Gasteiger partial charge in [0.15, 0.2) is 0 Å². The second kappa shape index (κ2) is 9.94. The highest BCUT2D eigenvalue weighted by atomic mass is 19.1. The second-order valence-corrected chi connectivity index (χ2v) is 9.19. The van der Waals surface area contributed by atoms with Crippen molar-refractivity contribution in [3.8, 4) is 0 Å². The molecule has 1 N–H and O–H groups in total. The average molecular weight is 440 g/mol. The predicted molar refractivity (Wildman–Crippen MR) is 124 cm³/mol. The van der Waals surface area contributed by atoms with Crippen LogP contribution in [0, 0.1) is 12.7 Å². The van der Waals surface area contributed by atoms with Crippen LogP contribution < -0.4 is 5.32 Å². The van der Waals surface area contributed by atoms with Gasteiger partial charge in [-0.2, -0.15) is 0 Å². The van der Waals surface area contributed by atoms with Crippen LogP contribution in [0.4, 0.5) is 10.2 Å². The van der Waals surface area contributed by atoms with E-state index in [1.165, 1.54) is 6.07 Å². The highest BCUT2D eigenvalue weighted by Gasteiger charge is 2.28. The normalized spacial score (nSPS) is 17.3. The van der Waals surface area contributed by atoms with Gasteiger partial charge in [0.05, 0.1) is 12.2 Å². The van der Waals surface area contributed by atoms with Crippen LogP contribution in [0.3, 0.4) is 0 Å². The Morgan fingerprint density at radius 1 is 1.22 bits per heavy atom. The third kappa shape index (κ3) is 5.09. The molecule has 32 heavy (non-hydrogen) atoms. The summed E-state index contributed by atoms with van der Waals surface area (Å²) in [5.74, 6) is 2.21. The molecule has 2 aromatic rings. The maximum atomic E-state index is 13.5. The Hall–Kier alpha value is -2.54. The van der Waals surface area contributed by atoms with E-state index < -0.39 is 0 Å². The number of carbonyl (C=O) groups is 1. The van der Waals surface area contributed by atoms with Crippen molar-refractivity contribution in [1.82, 2.24) is 19.8 Å². The molecule has 0 spiro atoms. The highest BCUT2D eigenvalue weighted by molar-refractivity contribution is 5.76. The summed E-state index contributed by atoms with van der Waals surface area (Å²) >= 11 is 0. The van der Waals surface area contributed by atoms with Crippen LogP contribution in [0.1, 0.15) is 59.8 Å². The summed E-state index contributed by atoms with van der Waals surface area (Å²) in [5.41, 5.74) is 3.87. The number of piperidine rings is 1. The van der Waals surface area contributed by atoms with Crippen LogP contribution in [0.15, 0.2) is 18.2 Å². The smallest absolute Gasteiger partial charge is 0.222 e. The van der Waals surface area contributed by atoms with E-state index in [0.717, 1.165) is 73.7 Å². The van der Waals surface area contributed by atoms with Crippen molar-refractivity contribution in [2.75, 3.05) is 39.0 Å². The molecular formula is C25H34FN5O. The third-order valence-electron chi connectivity index (χ3n) is 6.83. The molecule has 0 aliphatic carbocycles. The molecule has 6 nitrogen and oxygen atoms in total. The Morgan fingerprint density at radius 3 is 2.72 bits per heavy atom. The lowest BCUT2D eigenvalue weighted by Crippen LogP contribution is -2.37. The van der Waals surface area contributed by atoms with E-state index in [9.17, 15) is 9.18 Å². The number of benzene rings is 1. The van der Waals surface area contributed by atoms with E-state index in [1.54, 1.807) is 6.92 Å². The van der Waals surface area contributed by atoms with Crippen molar-refractivity contribution in [3.63, 3.8) is 0 Å². The van der Waals surface area contributed by atoms with Gasteiger partial charge in [0, 0.05) is 31.5 Å². The number of amides is 1. The van der Waals surface area contributed by atoms with E-state index in [1.807, 2.05) is 24.1 Å². The largest absolute Gasteiger partial charge is 0.373 e. The first-order chi connectivity index (χ1) is 15.4. The number of aromatic nitrogens is 2. The number of anilines is 1. The highest BCUT2D eigenvalue weighted by Crippen LogP contribution is 2.30. The van der Waals surface area contributed by atoms with E-state index in [2.05, 4.69) is 17.3 Å². The van der Waals surface area contributed by atoms with Crippen LogP contribution in [0.2, 0.25) is 0 Å². The summed E-state index contributed by atoms with van der Waals surface area (Å²) in [4.78, 5) is 27.0. The fourth-order valence-electron chi connectivity index (χ4n) is 4.78. The van der Waals surface area contributed by atoms with Crippen molar-refractivity contribution < 1.29 is 9.18 Å². The first-order valence-electron chi connectivity index (χ1n) is 11.7. The molecule has 3 heterocycles. The van der Waals surface area contributed by atoms with Gasteiger partial charge in [-0.1, -0.05) is 12.1 Å². The van der Waals surface area contributed by atoms with Gasteiger partial charge in [0.25, 0.3) is 0 Å². The second-order valence-electron chi connectivity index (χ2n) is 9.19. The maximum absolute atomic E-state index is 13.5. The van der Waals surface area contributed by atoms with Crippen molar-refractivity contribution in [2.45, 2.75) is 57.9 Å². The number of hydrogen-bond donors (Lipinski definition) is 1. The Bertz CT molecular complexity index is 971. The van der Waals surface area contributed by atoms with E-state index in [-0.39, 0.29) is 11.7 Å². The first kappa shape index (κ1) is 22.6. The molecule has 0 saturated carbocycles. The van der Waals surface area contributed by atoms with Gasteiger partial charge >= 0.3 is 0 Å². The monoisotopic (exact) mass is 439 g/mol. The lowest BCUT2D eigenvalue weighted by molar-refractivity contribution is -0.132. The summed E-state index contributed by atoms with van der Waals surface area (Å²) in [7, 11) is 4.07. The summed E-state index contributed by atoms with van der Waals surface area (Å²) in [6, 6.07) is 5.19. The SMILES string of the molecule is CNc1nc(C2CCN(C)CC2)nc2c1CCN(C(=O)CCCc1ccc(F)c(C)c1)C2. The first-order valence-corrected chi connectivity index (χ1v) is 11.7. The van der Waals surface area contributed by atoms with Gasteiger partial charge in [-0.25, -0.2) is 14.4 Å². The predicted octanol–water partition coefficient (Wildman–Crippen LogP) is 3.68.